The number of likely N-dealkylation sites (N-methyl/N-ethyl adjacent to an activating group) is 1. The highest BCUT2D eigenvalue weighted by atomic mass is 15.1. The Bertz CT molecular complexity index is 1090. The fourth-order valence-corrected chi connectivity index (χ4v) is 3.61. The second-order valence-electron chi connectivity index (χ2n) is 7.59. The zero-order valence-corrected chi connectivity index (χ0v) is 17.9. The Kier molecular flexibility index (Phi) is 6.33. The molecule has 0 unspecified atom stereocenters. The molecule has 0 saturated heterocycles. The fourth-order valence-electron chi connectivity index (χ4n) is 3.61. The number of anilines is 2. The van der Waals surface area contributed by atoms with Gasteiger partial charge in [-0.1, -0.05) is 6.07 Å². The van der Waals surface area contributed by atoms with E-state index in [9.17, 15) is 0 Å². The SMILES string of the molecule is CCN/C=C(\C(=N)c1cccnc1)c1ccnc(Nc2ccc3c(c2)CCN(C)C3)n1. The van der Waals surface area contributed by atoms with Gasteiger partial charge < -0.3 is 15.5 Å². The van der Waals surface area contributed by atoms with Gasteiger partial charge in [0.05, 0.1) is 11.4 Å². The van der Waals surface area contributed by atoms with Gasteiger partial charge in [-0.25, -0.2) is 9.97 Å². The summed E-state index contributed by atoms with van der Waals surface area (Å²) in [6.45, 7) is 4.82. The first kappa shape index (κ1) is 20.7. The summed E-state index contributed by atoms with van der Waals surface area (Å²) in [6.07, 6.45) is 7.98. The van der Waals surface area contributed by atoms with E-state index in [0.717, 1.165) is 37.3 Å². The molecule has 0 fully saturated rings. The lowest BCUT2D eigenvalue weighted by atomic mass is 9.99. The molecule has 0 aliphatic carbocycles. The Morgan fingerprint density at radius 3 is 2.90 bits per heavy atom. The van der Waals surface area contributed by atoms with Gasteiger partial charge in [-0.05, 0) is 61.9 Å². The number of hydrogen-bond donors (Lipinski definition) is 3. The second kappa shape index (κ2) is 9.49. The van der Waals surface area contributed by atoms with Gasteiger partial charge in [0.25, 0.3) is 0 Å². The van der Waals surface area contributed by atoms with Gasteiger partial charge in [0.2, 0.25) is 5.95 Å². The normalized spacial score (nSPS) is 14.1. The summed E-state index contributed by atoms with van der Waals surface area (Å²) in [5.74, 6) is 0.506. The van der Waals surface area contributed by atoms with Crippen LogP contribution >= 0.6 is 0 Å². The second-order valence-corrected chi connectivity index (χ2v) is 7.59. The van der Waals surface area contributed by atoms with Crippen LogP contribution in [0.25, 0.3) is 5.57 Å². The maximum atomic E-state index is 8.68. The average Bonchev–Trinajstić information content (AvgIpc) is 2.80. The molecule has 0 spiro atoms. The first-order chi connectivity index (χ1) is 15.1. The number of fused-ring (bicyclic) bond motifs is 1. The van der Waals surface area contributed by atoms with Crippen molar-refractivity contribution in [1.29, 1.82) is 5.41 Å². The zero-order valence-electron chi connectivity index (χ0n) is 17.9. The zero-order chi connectivity index (χ0) is 21.6. The van der Waals surface area contributed by atoms with Crippen LogP contribution in [0.15, 0.2) is 61.2 Å². The van der Waals surface area contributed by atoms with Crippen LogP contribution in [-0.2, 0) is 13.0 Å². The van der Waals surface area contributed by atoms with E-state index < -0.39 is 0 Å². The van der Waals surface area contributed by atoms with E-state index >= 15 is 0 Å². The maximum Gasteiger partial charge on any atom is 0.227 e. The van der Waals surface area contributed by atoms with E-state index in [1.54, 1.807) is 18.6 Å². The van der Waals surface area contributed by atoms with E-state index in [1.807, 2.05) is 31.3 Å². The lowest BCUT2D eigenvalue weighted by Crippen LogP contribution is -2.26. The third-order valence-electron chi connectivity index (χ3n) is 5.27. The summed E-state index contributed by atoms with van der Waals surface area (Å²) >= 11 is 0. The molecule has 1 aromatic carbocycles. The molecule has 3 aromatic rings. The number of hydrogen-bond acceptors (Lipinski definition) is 7. The Labute approximate surface area is 182 Å². The number of nitrogens with one attached hydrogen (secondary N) is 3. The molecule has 3 N–H and O–H groups in total. The quantitative estimate of drug-likeness (QED) is 0.513. The van der Waals surface area contributed by atoms with E-state index in [4.69, 9.17) is 10.4 Å². The molecule has 0 saturated carbocycles. The summed E-state index contributed by atoms with van der Waals surface area (Å²) in [4.78, 5) is 15.6. The van der Waals surface area contributed by atoms with Gasteiger partial charge in [-0.3, -0.25) is 10.4 Å². The molecule has 7 heteroatoms. The van der Waals surface area contributed by atoms with Crippen LogP contribution < -0.4 is 10.6 Å². The van der Waals surface area contributed by atoms with Crippen molar-refractivity contribution in [3.63, 3.8) is 0 Å². The molecule has 31 heavy (non-hydrogen) atoms. The number of rotatable bonds is 7. The number of nitrogens with zero attached hydrogens (tertiary/aromatic N) is 4. The third kappa shape index (κ3) is 4.95. The smallest absolute Gasteiger partial charge is 0.227 e. The van der Waals surface area contributed by atoms with Gasteiger partial charge >= 0.3 is 0 Å². The lowest BCUT2D eigenvalue weighted by molar-refractivity contribution is 0.313. The van der Waals surface area contributed by atoms with Crippen LogP contribution in [0.4, 0.5) is 11.6 Å². The molecular formula is C24H27N7. The average molecular weight is 414 g/mol. The monoisotopic (exact) mass is 413 g/mol. The van der Waals surface area contributed by atoms with E-state index in [2.05, 4.69) is 50.7 Å². The van der Waals surface area contributed by atoms with Crippen LogP contribution in [0.5, 0.6) is 0 Å². The van der Waals surface area contributed by atoms with Crippen molar-refractivity contribution in [3.8, 4) is 0 Å². The van der Waals surface area contributed by atoms with Gasteiger partial charge in [0, 0.05) is 61.2 Å². The summed E-state index contributed by atoms with van der Waals surface area (Å²) in [7, 11) is 2.15. The molecule has 1 aliphatic rings. The fraction of sp³-hybridized carbons (Fsp3) is 0.250. The van der Waals surface area contributed by atoms with Crippen LogP contribution in [-0.4, -0.2) is 45.7 Å². The predicted molar refractivity (Wildman–Crippen MR) is 125 cm³/mol. The molecule has 0 radical (unpaired) electrons. The molecule has 0 bridgehead atoms. The van der Waals surface area contributed by atoms with Crippen molar-refractivity contribution in [2.24, 2.45) is 0 Å². The minimum atomic E-state index is 0.358. The molecule has 0 atom stereocenters. The molecule has 3 heterocycles. The first-order valence-corrected chi connectivity index (χ1v) is 10.5. The minimum absolute atomic E-state index is 0.358. The maximum absolute atomic E-state index is 8.68. The Morgan fingerprint density at radius 2 is 2.10 bits per heavy atom. The van der Waals surface area contributed by atoms with Crippen molar-refractivity contribution in [3.05, 3.63) is 83.6 Å². The highest BCUT2D eigenvalue weighted by molar-refractivity contribution is 6.29. The van der Waals surface area contributed by atoms with Crippen molar-refractivity contribution in [2.45, 2.75) is 19.9 Å². The van der Waals surface area contributed by atoms with Crippen molar-refractivity contribution in [2.75, 3.05) is 25.5 Å². The molecule has 1 aliphatic heterocycles. The molecule has 158 valence electrons. The van der Waals surface area contributed by atoms with E-state index in [-0.39, 0.29) is 0 Å². The summed E-state index contributed by atoms with van der Waals surface area (Å²) in [5, 5.41) is 15.2. The van der Waals surface area contributed by atoms with E-state index in [0.29, 0.717) is 22.9 Å². The topological polar surface area (TPSA) is 89.8 Å². The van der Waals surface area contributed by atoms with Crippen LogP contribution in [0.2, 0.25) is 0 Å². The van der Waals surface area contributed by atoms with Crippen molar-refractivity contribution in [1.82, 2.24) is 25.2 Å². The van der Waals surface area contributed by atoms with Gasteiger partial charge in [-0.15, -0.1) is 0 Å². The Balaban J connectivity index is 1.59. The van der Waals surface area contributed by atoms with E-state index in [1.165, 1.54) is 11.1 Å². The lowest BCUT2D eigenvalue weighted by Gasteiger charge is -2.25. The molecule has 0 amide bonds. The number of benzene rings is 1. The number of pyridine rings is 1. The van der Waals surface area contributed by atoms with Crippen LogP contribution in [0.3, 0.4) is 0 Å². The Morgan fingerprint density at radius 1 is 1.19 bits per heavy atom. The molecule has 4 rings (SSSR count). The summed E-state index contributed by atoms with van der Waals surface area (Å²) in [6, 6.07) is 12.0. The molecule has 7 nitrogen and oxygen atoms in total. The van der Waals surface area contributed by atoms with Crippen LogP contribution in [0.1, 0.15) is 29.3 Å². The number of allylic oxidation sites excluding steroid dienone is 1. The highest BCUT2D eigenvalue weighted by Gasteiger charge is 2.15. The largest absolute Gasteiger partial charge is 0.391 e. The van der Waals surface area contributed by atoms with Gasteiger partial charge in [-0.2, -0.15) is 0 Å². The summed E-state index contributed by atoms with van der Waals surface area (Å²) in [5.41, 5.74) is 6.16. The highest BCUT2D eigenvalue weighted by Crippen LogP contribution is 2.24. The standard InChI is InChI=1S/C24H27N7/c1-3-26-15-21(23(25)18-5-4-10-27-14-18)22-8-11-28-24(30-22)29-20-7-6-19-16-31(2)12-9-17(19)13-20/h4-8,10-11,13-15,25-26H,3,9,12,16H2,1-2H3,(H,28,29,30)/b21-15-,25-23?. The first-order valence-electron chi connectivity index (χ1n) is 10.5. The van der Waals surface area contributed by atoms with Crippen molar-refractivity contribution < 1.29 is 0 Å². The molecular weight excluding hydrogens is 386 g/mol. The van der Waals surface area contributed by atoms with Gasteiger partial charge in [0.1, 0.15) is 0 Å². The third-order valence-corrected chi connectivity index (χ3v) is 5.27. The van der Waals surface area contributed by atoms with Crippen LogP contribution in [0, 0.1) is 5.41 Å². The van der Waals surface area contributed by atoms with Gasteiger partial charge in [0.15, 0.2) is 0 Å². The summed E-state index contributed by atoms with van der Waals surface area (Å²) < 4.78 is 0. The minimum Gasteiger partial charge on any atom is -0.391 e. The molecule has 2 aromatic heterocycles. The Hall–Kier alpha value is -3.58. The van der Waals surface area contributed by atoms with Crippen molar-refractivity contribution >= 4 is 22.9 Å². The number of aromatic nitrogens is 3. The predicted octanol–water partition coefficient (Wildman–Crippen LogP) is 3.62.